The molecular weight excluding hydrogens is 428 g/mol. The molecule has 34 heavy (non-hydrogen) atoms. The molecule has 0 atom stereocenters. The van der Waals surface area contributed by atoms with Gasteiger partial charge in [-0.15, -0.1) is 0 Å². The minimum Gasteiger partial charge on any atom is -0.486 e. The Kier molecular flexibility index (Phi) is 6.92. The van der Waals surface area contributed by atoms with Crippen LogP contribution >= 0.6 is 0 Å². The van der Waals surface area contributed by atoms with Gasteiger partial charge in [0.1, 0.15) is 24.7 Å². The van der Waals surface area contributed by atoms with Crippen LogP contribution in [0, 0.1) is 13.8 Å². The van der Waals surface area contributed by atoms with Gasteiger partial charge in [-0.05, 0) is 49.2 Å². The second kappa shape index (κ2) is 10.2. The number of anilines is 1. The molecule has 174 valence electrons. The van der Waals surface area contributed by atoms with E-state index in [0.717, 1.165) is 33.6 Å². The molecule has 3 aromatic carbocycles. The van der Waals surface area contributed by atoms with Gasteiger partial charge in [0, 0.05) is 12.7 Å². The van der Waals surface area contributed by atoms with Crippen molar-refractivity contribution in [2.45, 2.75) is 27.0 Å². The molecule has 2 amide bonds. The zero-order valence-electron chi connectivity index (χ0n) is 19.6. The molecule has 0 aliphatic heterocycles. The first-order valence-electron chi connectivity index (χ1n) is 11.1. The largest absolute Gasteiger partial charge is 0.486 e. The summed E-state index contributed by atoms with van der Waals surface area (Å²) in [6.07, 6.45) is 0. The molecule has 1 N–H and O–H groups in total. The average Bonchev–Trinajstić information content (AvgIpc) is 3.18. The molecule has 0 radical (unpaired) electrons. The number of nitrogens with zero attached hydrogens (tertiary/aromatic N) is 3. The van der Waals surface area contributed by atoms with E-state index in [0.29, 0.717) is 5.82 Å². The highest BCUT2D eigenvalue weighted by molar-refractivity contribution is 5.95. The first-order valence-corrected chi connectivity index (χ1v) is 11.1. The molecule has 0 spiro atoms. The Hall–Kier alpha value is -4.13. The number of amides is 2. The molecule has 0 aliphatic carbocycles. The maximum atomic E-state index is 13.1. The van der Waals surface area contributed by atoms with E-state index in [9.17, 15) is 9.59 Å². The van der Waals surface area contributed by atoms with Gasteiger partial charge in [0.05, 0.1) is 17.6 Å². The Morgan fingerprint density at radius 2 is 1.62 bits per heavy atom. The number of likely N-dealkylation sites (N-methyl/N-ethyl adjacent to an activating group) is 1. The lowest BCUT2D eigenvalue weighted by molar-refractivity contribution is -0.133. The van der Waals surface area contributed by atoms with Gasteiger partial charge in [-0.1, -0.05) is 48.5 Å². The number of carbonyl (C=O) groups is 2. The number of benzene rings is 3. The fraction of sp³-hybridized carbons (Fsp3) is 0.222. The quantitative estimate of drug-likeness (QED) is 0.428. The van der Waals surface area contributed by atoms with Crippen molar-refractivity contribution in [3.8, 4) is 5.75 Å². The number of fused-ring (bicyclic) bond motifs is 1. The summed E-state index contributed by atoms with van der Waals surface area (Å²) in [5.74, 6) is 0.941. The standard InChI is InChI=1S/C27H28N4O3/c1-19-10-9-11-20(2)27(19)29-25(32)16-30(3)26(33)17-31-23-15-8-7-14-22(23)28-24(31)18-34-21-12-5-4-6-13-21/h4-15H,16-18H2,1-3H3,(H,29,32). The lowest BCUT2D eigenvalue weighted by Gasteiger charge is -2.19. The van der Waals surface area contributed by atoms with Crippen molar-refractivity contribution >= 4 is 28.5 Å². The zero-order valence-corrected chi connectivity index (χ0v) is 19.6. The van der Waals surface area contributed by atoms with Gasteiger partial charge in [-0.2, -0.15) is 0 Å². The van der Waals surface area contributed by atoms with Gasteiger partial charge in [-0.25, -0.2) is 4.98 Å². The number of rotatable bonds is 8. The SMILES string of the molecule is Cc1cccc(C)c1NC(=O)CN(C)C(=O)Cn1c(COc2ccccc2)nc2ccccc21. The maximum absolute atomic E-state index is 13.1. The molecule has 4 aromatic rings. The van der Waals surface area contributed by atoms with Crippen LogP contribution in [-0.2, 0) is 22.7 Å². The third-order valence-electron chi connectivity index (χ3n) is 5.69. The van der Waals surface area contributed by atoms with E-state index in [2.05, 4.69) is 10.3 Å². The summed E-state index contributed by atoms with van der Waals surface area (Å²) in [4.78, 5) is 31.8. The summed E-state index contributed by atoms with van der Waals surface area (Å²) in [6, 6.07) is 23.0. The van der Waals surface area contributed by atoms with Gasteiger partial charge >= 0.3 is 0 Å². The average molecular weight is 457 g/mol. The van der Waals surface area contributed by atoms with Gasteiger partial charge in [-0.3, -0.25) is 9.59 Å². The minimum absolute atomic E-state index is 0.0465. The number of ether oxygens (including phenoxy) is 1. The molecule has 0 bridgehead atoms. The van der Waals surface area contributed by atoms with Crippen molar-refractivity contribution in [1.29, 1.82) is 0 Å². The molecule has 7 heteroatoms. The Balaban J connectivity index is 1.46. The number of aromatic nitrogens is 2. The second-order valence-corrected chi connectivity index (χ2v) is 8.27. The Morgan fingerprint density at radius 3 is 2.35 bits per heavy atom. The first-order chi connectivity index (χ1) is 16.4. The smallest absolute Gasteiger partial charge is 0.243 e. The Bertz CT molecular complexity index is 1290. The number of hydrogen-bond donors (Lipinski definition) is 1. The zero-order chi connectivity index (χ0) is 24.1. The number of para-hydroxylation sites is 4. The van der Waals surface area contributed by atoms with Crippen LogP contribution in [0.5, 0.6) is 5.75 Å². The lowest BCUT2D eigenvalue weighted by Crippen LogP contribution is -2.37. The maximum Gasteiger partial charge on any atom is 0.243 e. The summed E-state index contributed by atoms with van der Waals surface area (Å²) in [6.45, 7) is 4.13. The summed E-state index contributed by atoms with van der Waals surface area (Å²) in [5.41, 5.74) is 4.38. The fourth-order valence-electron chi connectivity index (χ4n) is 3.83. The number of aryl methyl sites for hydroxylation is 2. The van der Waals surface area contributed by atoms with Crippen molar-refractivity contribution < 1.29 is 14.3 Å². The van der Waals surface area contributed by atoms with Crippen LogP contribution in [0.4, 0.5) is 5.69 Å². The molecule has 0 saturated carbocycles. The third-order valence-corrected chi connectivity index (χ3v) is 5.69. The highest BCUT2D eigenvalue weighted by atomic mass is 16.5. The van der Waals surface area contributed by atoms with Crippen molar-refractivity contribution in [3.63, 3.8) is 0 Å². The van der Waals surface area contributed by atoms with E-state index in [1.54, 1.807) is 7.05 Å². The Labute approximate surface area is 199 Å². The predicted molar refractivity (Wildman–Crippen MR) is 133 cm³/mol. The molecule has 7 nitrogen and oxygen atoms in total. The summed E-state index contributed by atoms with van der Waals surface area (Å²) >= 11 is 0. The molecule has 0 saturated heterocycles. The van der Waals surface area contributed by atoms with Crippen molar-refractivity contribution in [1.82, 2.24) is 14.5 Å². The summed E-state index contributed by atoms with van der Waals surface area (Å²) in [7, 11) is 1.63. The summed E-state index contributed by atoms with van der Waals surface area (Å²) in [5, 5.41) is 2.93. The summed E-state index contributed by atoms with van der Waals surface area (Å²) < 4.78 is 7.73. The highest BCUT2D eigenvalue weighted by Crippen LogP contribution is 2.20. The van der Waals surface area contributed by atoms with E-state index < -0.39 is 0 Å². The monoisotopic (exact) mass is 456 g/mol. The van der Waals surface area contributed by atoms with Crippen LogP contribution in [-0.4, -0.2) is 39.9 Å². The molecule has 0 fully saturated rings. The highest BCUT2D eigenvalue weighted by Gasteiger charge is 2.19. The van der Waals surface area contributed by atoms with Gasteiger partial charge in [0.25, 0.3) is 0 Å². The molecule has 0 aliphatic rings. The van der Waals surface area contributed by atoms with Crippen molar-refractivity contribution in [2.24, 2.45) is 0 Å². The second-order valence-electron chi connectivity index (χ2n) is 8.27. The third kappa shape index (κ3) is 5.26. The van der Waals surface area contributed by atoms with Crippen LogP contribution < -0.4 is 10.1 Å². The van der Waals surface area contributed by atoms with E-state index in [4.69, 9.17) is 4.74 Å². The van der Waals surface area contributed by atoms with Crippen LogP contribution in [0.3, 0.4) is 0 Å². The van der Waals surface area contributed by atoms with Gasteiger partial charge < -0.3 is 19.5 Å². The fourth-order valence-corrected chi connectivity index (χ4v) is 3.83. The van der Waals surface area contributed by atoms with Crippen LogP contribution in [0.15, 0.2) is 72.8 Å². The molecule has 0 unspecified atom stereocenters. The predicted octanol–water partition coefficient (Wildman–Crippen LogP) is 4.33. The first kappa shape index (κ1) is 23.0. The van der Waals surface area contributed by atoms with Crippen LogP contribution in [0.2, 0.25) is 0 Å². The van der Waals surface area contributed by atoms with Gasteiger partial charge in [0.2, 0.25) is 11.8 Å². The molecule has 1 aromatic heterocycles. The normalized spacial score (nSPS) is 10.8. The molecular formula is C27H28N4O3. The topological polar surface area (TPSA) is 76.5 Å². The molecule has 1 heterocycles. The Morgan fingerprint density at radius 1 is 0.941 bits per heavy atom. The number of nitrogens with one attached hydrogen (secondary N) is 1. The van der Waals surface area contributed by atoms with E-state index in [1.807, 2.05) is 91.2 Å². The van der Waals surface area contributed by atoms with Gasteiger partial charge in [0.15, 0.2) is 0 Å². The van der Waals surface area contributed by atoms with Crippen LogP contribution in [0.1, 0.15) is 17.0 Å². The van der Waals surface area contributed by atoms with E-state index in [1.165, 1.54) is 4.90 Å². The number of imidazole rings is 1. The van der Waals surface area contributed by atoms with Crippen molar-refractivity contribution in [2.75, 3.05) is 18.9 Å². The molecule has 4 rings (SSSR count). The minimum atomic E-state index is -0.239. The van der Waals surface area contributed by atoms with Crippen LogP contribution in [0.25, 0.3) is 11.0 Å². The number of carbonyl (C=O) groups excluding carboxylic acids is 2. The van der Waals surface area contributed by atoms with Crippen molar-refractivity contribution in [3.05, 3.63) is 89.7 Å². The van der Waals surface area contributed by atoms with E-state index >= 15 is 0 Å². The number of hydrogen-bond acceptors (Lipinski definition) is 4. The lowest BCUT2D eigenvalue weighted by atomic mass is 10.1. The van der Waals surface area contributed by atoms with E-state index in [-0.39, 0.29) is 31.5 Å².